The van der Waals surface area contributed by atoms with Crippen molar-refractivity contribution in [2.45, 2.75) is 32.4 Å². The van der Waals surface area contributed by atoms with Gasteiger partial charge in [-0.05, 0) is 43.2 Å². The lowest BCUT2D eigenvalue weighted by atomic mass is 10.1. The van der Waals surface area contributed by atoms with E-state index in [1.165, 1.54) is 0 Å². The summed E-state index contributed by atoms with van der Waals surface area (Å²) in [7, 11) is 1.64. The number of hydrogen-bond donors (Lipinski definition) is 1. The highest BCUT2D eigenvalue weighted by molar-refractivity contribution is 6.34. The van der Waals surface area contributed by atoms with Gasteiger partial charge in [0.15, 0.2) is 6.10 Å². The number of amides is 2. The molecule has 0 radical (unpaired) electrons. The second kappa shape index (κ2) is 9.76. The van der Waals surface area contributed by atoms with Gasteiger partial charge in [-0.2, -0.15) is 0 Å². The number of benzene rings is 2. The Hall–Kier alpha value is -2.57. The molecule has 29 heavy (non-hydrogen) atoms. The molecule has 0 fully saturated rings. The van der Waals surface area contributed by atoms with Crippen LogP contribution in [0.2, 0.25) is 5.02 Å². The Morgan fingerprint density at radius 2 is 2.10 bits per heavy atom. The highest BCUT2D eigenvalue weighted by Crippen LogP contribution is 2.30. The van der Waals surface area contributed by atoms with Crippen molar-refractivity contribution >= 4 is 29.1 Å². The first-order chi connectivity index (χ1) is 14.0. The van der Waals surface area contributed by atoms with E-state index in [-0.39, 0.29) is 11.8 Å². The summed E-state index contributed by atoms with van der Waals surface area (Å²) in [6.45, 7) is 3.52. The molecule has 1 atom stereocenters. The number of nitrogens with zero attached hydrogens (tertiary/aromatic N) is 1. The molecular weight excluding hydrogens is 392 g/mol. The van der Waals surface area contributed by atoms with Crippen LogP contribution in [0, 0.1) is 0 Å². The van der Waals surface area contributed by atoms with E-state index in [0.717, 1.165) is 12.0 Å². The van der Waals surface area contributed by atoms with Crippen molar-refractivity contribution in [1.29, 1.82) is 0 Å². The topological polar surface area (TPSA) is 67.9 Å². The Bertz CT molecular complexity index is 887. The van der Waals surface area contributed by atoms with Crippen LogP contribution in [0.3, 0.4) is 0 Å². The van der Waals surface area contributed by atoms with Crippen molar-refractivity contribution in [3.8, 4) is 5.75 Å². The first-order valence-corrected chi connectivity index (χ1v) is 10.0. The number of halogens is 1. The van der Waals surface area contributed by atoms with Gasteiger partial charge in [0, 0.05) is 38.1 Å². The van der Waals surface area contributed by atoms with Gasteiger partial charge in [0.1, 0.15) is 5.75 Å². The van der Waals surface area contributed by atoms with Crippen LogP contribution in [-0.2, 0) is 16.1 Å². The van der Waals surface area contributed by atoms with E-state index in [1.807, 2.05) is 13.0 Å². The van der Waals surface area contributed by atoms with Gasteiger partial charge in [0.2, 0.25) is 0 Å². The number of carbonyl (C=O) groups excluding carboxylic acids is 2. The number of nitrogens with one attached hydrogen (secondary N) is 1. The number of ether oxygens (including phenoxy) is 2. The first kappa shape index (κ1) is 21.1. The minimum atomic E-state index is -0.512. The van der Waals surface area contributed by atoms with Crippen molar-refractivity contribution in [2.75, 3.05) is 25.6 Å². The van der Waals surface area contributed by atoms with Crippen molar-refractivity contribution in [1.82, 2.24) is 4.90 Å². The molecule has 6 nitrogen and oxygen atoms in total. The number of fused-ring (bicyclic) bond motifs is 1. The van der Waals surface area contributed by atoms with E-state index in [9.17, 15) is 9.59 Å². The average Bonchev–Trinajstić information content (AvgIpc) is 2.85. The number of methoxy groups -OCH3 is 1. The van der Waals surface area contributed by atoms with Crippen molar-refractivity contribution in [3.05, 3.63) is 58.6 Å². The fourth-order valence-corrected chi connectivity index (χ4v) is 3.50. The first-order valence-electron chi connectivity index (χ1n) is 9.66. The molecule has 1 heterocycles. The molecule has 7 heteroatoms. The monoisotopic (exact) mass is 416 g/mol. The number of carbonyl (C=O) groups is 2. The second-order valence-electron chi connectivity index (χ2n) is 6.88. The largest absolute Gasteiger partial charge is 0.480 e. The zero-order valence-electron chi connectivity index (χ0n) is 16.6. The van der Waals surface area contributed by atoms with Crippen molar-refractivity contribution in [3.63, 3.8) is 0 Å². The number of anilines is 1. The third-order valence-electron chi connectivity index (χ3n) is 4.80. The molecule has 0 bridgehead atoms. The molecule has 1 aliphatic heterocycles. The SMILES string of the molecule is CCC1Oc2ccc(NC(=O)c3ccccc3Cl)cc2CN(CCCOC)C1=O. The van der Waals surface area contributed by atoms with Crippen LogP contribution in [0.4, 0.5) is 5.69 Å². The van der Waals surface area contributed by atoms with E-state index < -0.39 is 6.10 Å². The quantitative estimate of drug-likeness (QED) is 0.689. The van der Waals surface area contributed by atoms with Gasteiger partial charge in [0.25, 0.3) is 11.8 Å². The third-order valence-corrected chi connectivity index (χ3v) is 5.13. The molecule has 154 valence electrons. The Labute approximate surface area is 175 Å². The zero-order valence-corrected chi connectivity index (χ0v) is 17.4. The van der Waals surface area contributed by atoms with Crippen LogP contribution in [0.1, 0.15) is 35.7 Å². The molecular formula is C22H25ClN2O4. The maximum atomic E-state index is 12.8. The maximum Gasteiger partial charge on any atom is 0.263 e. The molecule has 2 aromatic rings. The molecule has 1 aliphatic rings. The van der Waals surface area contributed by atoms with Crippen molar-refractivity contribution < 1.29 is 19.1 Å². The summed E-state index contributed by atoms with van der Waals surface area (Å²) >= 11 is 6.11. The zero-order chi connectivity index (χ0) is 20.8. The van der Waals surface area contributed by atoms with E-state index in [4.69, 9.17) is 21.1 Å². The molecule has 2 aromatic carbocycles. The summed E-state index contributed by atoms with van der Waals surface area (Å²) in [5.74, 6) is 0.348. The van der Waals surface area contributed by atoms with E-state index in [1.54, 1.807) is 48.4 Å². The molecule has 0 spiro atoms. The number of hydrogen-bond acceptors (Lipinski definition) is 4. The Kier molecular flexibility index (Phi) is 7.12. The minimum absolute atomic E-state index is 0.0264. The van der Waals surface area contributed by atoms with Gasteiger partial charge in [-0.1, -0.05) is 30.7 Å². The summed E-state index contributed by atoms with van der Waals surface area (Å²) in [4.78, 5) is 27.1. The lowest BCUT2D eigenvalue weighted by Gasteiger charge is -2.23. The van der Waals surface area contributed by atoms with Crippen LogP contribution in [-0.4, -0.2) is 43.1 Å². The number of rotatable bonds is 7. The molecule has 2 amide bonds. The molecule has 0 saturated heterocycles. The van der Waals surface area contributed by atoms with Gasteiger partial charge in [-0.15, -0.1) is 0 Å². The summed E-state index contributed by atoms with van der Waals surface area (Å²) < 4.78 is 11.1. The predicted octanol–water partition coefficient (Wildman–Crippen LogP) is 4.13. The minimum Gasteiger partial charge on any atom is -0.480 e. The van der Waals surface area contributed by atoms with Crippen LogP contribution in [0.25, 0.3) is 0 Å². The van der Waals surface area contributed by atoms with E-state index in [2.05, 4.69) is 5.32 Å². The van der Waals surface area contributed by atoms with Gasteiger partial charge in [-0.25, -0.2) is 0 Å². The predicted molar refractivity (Wildman–Crippen MR) is 112 cm³/mol. The van der Waals surface area contributed by atoms with E-state index in [0.29, 0.717) is 48.1 Å². The highest BCUT2D eigenvalue weighted by Gasteiger charge is 2.29. The average molecular weight is 417 g/mol. The fourth-order valence-electron chi connectivity index (χ4n) is 3.28. The molecule has 1 N–H and O–H groups in total. The Balaban J connectivity index is 1.81. The van der Waals surface area contributed by atoms with E-state index >= 15 is 0 Å². The summed E-state index contributed by atoms with van der Waals surface area (Å²) in [5.41, 5.74) is 1.88. The van der Waals surface area contributed by atoms with Gasteiger partial charge in [0.05, 0.1) is 10.6 Å². The van der Waals surface area contributed by atoms with Crippen LogP contribution in [0.15, 0.2) is 42.5 Å². The fraction of sp³-hybridized carbons (Fsp3) is 0.364. The standard InChI is InChI=1S/C22H25ClN2O4/c1-3-19-22(27)25(11-6-12-28-2)14-15-13-16(9-10-20(15)29-19)24-21(26)17-7-4-5-8-18(17)23/h4-5,7-10,13,19H,3,6,11-12,14H2,1-2H3,(H,24,26). The summed E-state index contributed by atoms with van der Waals surface area (Å²) in [6.07, 6.45) is 0.823. The third kappa shape index (κ3) is 5.08. The smallest absolute Gasteiger partial charge is 0.263 e. The maximum absolute atomic E-state index is 12.8. The van der Waals surface area contributed by atoms with Gasteiger partial charge >= 0.3 is 0 Å². The normalized spacial score (nSPS) is 16.0. The van der Waals surface area contributed by atoms with Crippen LogP contribution >= 0.6 is 11.6 Å². The summed E-state index contributed by atoms with van der Waals surface area (Å²) in [6, 6.07) is 12.3. The highest BCUT2D eigenvalue weighted by atomic mass is 35.5. The van der Waals surface area contributed by atoms with Crippen LogP contribution in [0.5, 0.6) is 5.75 Å². The molecule has 3 rings (SSSR count). The lowest BCUT2D eigenvalue weighted by molar-refractivity contribution is -0.138. The summed E-state index contributed by atoms with van der Waals surface area (Å²) in [5, 5.41) is 3.26. The van der Waals surface area contributed by atoms with Crippen molar-refractivity contribution in [2.24, 2.45) is 0 Å². The molecule has 0 aliphatic carbocycles. The Morgan fingerprint density at radius 1 is 1.31 bits per heavy atom. The van der Waals surface area contributed by atoms with Gasteiger partial charge in [-0.3, -0.25) is 9.59 Å². The Morgan fingerprint density at radius 3 is 2.83 bits per heavy atom. The molecule has 1 unspecified atom stereocenters. The van der Waals surface area contributed by atoms with Crippen LogP contribution < -0.4 is 10.1 Å². The molecule has 0 saturated carbocycles. The lowest BCUT2D eigenvalue weighted by Crippen LogP contribution is -2.40. The molecule has 0 aromatic heterocycles. The van der Waals surface area contributed by atoms with Gasteiger partial charge < -0.3 is 19.7 Å². The second-order valence-corrected chi connectivity index (χ2v) is 7.28.